The van der Waals surface area contributed by atoms with Crippen molar-refractivity contribution in [1.29, 1.82) is 0 Å². The molecule has 5 heteroatoms. The van der Waals surface area contributed by atoms with Gasteiger partial charge in [-0.25, -0.2) is 15.0 Å². The second-order valence-corrected chi connectivity index (χ2v) is 5.89. The van der Waals surface area contributed by atoms with Crippen LogP contribution in [0, 0.1) is 13.8 Å². The minimum absolute atomic E-state index is 0.260. The molecule has 3 rings (SSSR count). The number of fused-ring (bicyclic) bond motifs is 1. The van der Waals surface area contributed by atoms with Crippen molar-refractivity contribution in [3.63, 3.8) is 0 Å². The molecule has 0 radical (unpaired) electrons. The molecule has 100 valence electrons. The number of para-hydroxylation sites is 1. The summed E-state index contributed by atoms with van der Waals surface area (Å²) < 4.78 is 0. The molecule has 20 heavy (non-hydrogen) atoms. The molecular formula is C15H12ClN3S. The van der Waals surface area contributed by atoms with E-state index in [0.717, 1.165) is 26.6 Å². The molecule has 3 nitrogen and oxygen atoms in total. The van der Waals surface area contributed by atoms with Crippen molar-refractivity contribution in [1.82, 2.24) is 15.0 Å². The van der Waals surface area contributed by atoms with E-state index in [-0.39, 0.29) is 5.28 Å². The van der Waals surface area contributed by atoms with Gasteiger partial charge in [0.2, 0.25) is 5.28 Å². The van der Waals surface area contributed by atoms with E-state index in [1.54, 1.807) is 0 Å². The van der Waals surface area contributed by atoms with Gasteiger partial charge in [0.25, 0.3) is 0 Å². The third-order valence-electron chi connectivity index (χ3n) is 2.82. The highest BCUT2D eigenvalue weighted by atomic mass is 35.5. The Morgan fingerprint density at radius 2 is 1.80 bits per heavy atom. The van der Waals surface area contributed by atoms with E-state index in [1.807, 2.05) is 37.3 Å². The van der Waals surface area contributed by atoms with Gasteiger partial charge in [-0.2, -0.15) is 0 Å². The molecule has 2 aromatic heterocycles. The second-order valence-electron chi connectivity index (χ2n) is 4.54. The van der Waals surface area contributed by atoms with Crippen LogP contribution in [-0.2, 0) is 0 Å². The van der Waals surface area contributed by atoms with E-state index in [0.29, 0.717) is 0 Å². The zero-order chi connectivity index (χ0) is 14.1. The summed E-state index contributed by atoms with van der Waals surface area (Å²) in [7, 11) is 0. The molecule has 0 spiro atoms. The molecule has 0 fully saturated rings. The van der Waals surface area contributed by atoms with E-state index in [9.17, 15) is 0 Å². The lowest BCUT2D eigenvalue weighted by molar-refractivity contribution is 1.03. The lowest BCUT2D eigenvalue weighted by Crippen LogP contribution is -1.91. The largest absolute Gasteiger partial charge is 0.246 e. The van der Waals surface area contributed by atoms with Gasteiger partial charge in [-0.1, -0.05) is 18.2 Å². The lowest BCUT2D eigenvalue weighted by Gasteiger charge is -2.06. The Morgan fingerprint density at radius 1 is 1.00 bits per heavy atom. The lowest BCUT2D eigenvalue weighted by atomic mass is 10.2. The predicted molar refractivity (Wildman–Crippen MR) is 82.4 cm³/mol. The zero-order valence-electron chi connectivity index (χ0n) is 11.1. The Bertz CT molecular complexity index is 769. The molecule has 0 atom stereocenters. The molecule has 2 heterocycles. The average Bonchev–Trinajstić information content (AvgIpc) is 2.37. The van der Waals surface area contributed by atoms with Gasteiger partial charge in [0.15, 0.2) is 0 Å². The van der Waals surface area contributed by atoms with Crippen LogP contribution < -0.4 is 0 Å². The normalized spacial score (nSPS) is 10.9. The van der Waals surface area contributed by atoms with Crippen LogP contribution >= 0.6 is 23.4 Å². The number of nitrogens with zero attached hydrogens (tertiary/aromatic N) is 3. The number of pyridine rings is 1. The molecule has 0 saturated heterocycles. The number of rotatable bonds is 2. The number of benzene rings is 1. The Balaban J connectivity index is 2.10. The van der Waals surface area contributed by atoms with Crippen molar-refractivity contribution >= 4 is 34.3 Å². The molecule has 0 unspecified atom stereocenters. The molecule has 0 aliphatic heterocycles. The van der Waals surface area contributed by atoms with Crippen molar-refractivity contribution in [2.24, 2.45) is 0 Å². The molecule has 0 aliphatic rings. The summed E-state index contributed by atoms with van der Waals surface area (Å²) in [4.78, 5) is 13.1. The summed E-state index contributed by atoms with van der Waals surface area (Å²) in [6.45, 7) is 4.05. The fourth-order valence-corrected chi connectivity index (χ4v) is 3.33. The van der Waals surface area contributed by atoms with E-state index in [1.165, 1.54) is 17.3 Å². The number of hydrogen-bond acceptors (Lipinski definition) is 4. The van der Waals surface area contributed by atoms with Gasteiger partial charge in [-0.3, -0.25) is 0 Å². The Hall–Kier alpha value is -1.65. The Morgan fingerprint density at radius 3 is 2.60 bits per heavy atom. The topological polar surface area (TPSA) is 38.7 Å². The van der Waals surface area contributed by atoms with Gasteiger partial charge in [0, 0.05) is 11.1 Å². The fraction of sp³-hybridized carbons (Fsp3) is 0.133. The summed E-state index contributed by atoms with van der Waals surface area (Å²) in [5.41, 5.74) is 3.03. The van der Waals surface area contributed by atoms with Gasteiger partial charge in [0.05, 0.1) is 5.52 Å². The maximum Gasteiger partial charge on any atom is 0.224 e. The van der Waals surface area contributed by atoms with Gasteiger partial charge in [-0.15, -0.1) is 0 Å². The van der Waals surface area contributed by atoms with E-state index < -0.39 is 0 Å². The van der Waals surface area contributed by atoms with E-state index >= 15 is 0 Å². The molecule has 0 bridgehead atoms. The molecule has 0 amide bonds. The van der Waals surface area contributed by atoms with Crippen LogP contribution in [0.15, 0.2) is 46.5 Å². The van der Waals surface area contributed by atoms with Crippen LogP contribution in [0.2, 0.25) is 5.28 Å². The minimum Gasteiger partial charge on any atom is -0.246 e. The van der Waals surface area contributed by atoms with Crippen LogP contribution in [-0.4, -0.2) is 15.0 Å². The van der Waals surface area contributed by atoms with Gasteiger partial charge < -0.3 is 0 Å². The first-order valence-corrected chi connectivity index (χ1v) is 7.37. The molecule has 1 aromatic carbocycles. The van der Waals surface area contributed by atoms with Crippen molar-refractivity contribution in [2.45, 2.75) is 23.9 Å². The summed E-state index contributed by atoms with van der Waals surface area (Å²) in [6.07, 6.45) is 0. The molecule has 0 N–H and O–H groups in total. The Labute approximate surface area is 126 Å². The van der Waals surface area contributed by atoms with Crippen LogP contribution in [0.1, 0.15) is 11.3 Å². The molecular weight excluding hydrogens is 290 g/mol. The van der Waals surface area contributed by atoms with E-state index in [2.05, 4.69) is 27.9 Å². The highest BCUT2D eigenvalue weighted by molar-refractivity contribution is 7.99. The first-order valence-electron chi connectivity index (χ1n) is 6.17. The highest BCUT2D eigenvalue weighted by Crippen LogP contribution is 2.31. The highest BCUT2D eigenvalue weighted by Gasteiger charge is 2.09. The van der Waals surface area contributed by atoms with Gasteiger partial charge in [-0.05, 0) is 61.0 Å². The average molecular weight is 302 g/mol. The zero-order valence-corrected chi connectivity index (χ0v) is 12.7. The third kappa shape index (κ3) is 2.76. The number of aromatic nitrogens is 3. The maximum atomic E-state index is 6.00. The van der Waals surface area contributed by atoms with Crippen molar-refractivity contribution in [2.75, 3.05) is 0 Å². The number of aryl methyl sites for hydroxylation is 2. The number of hydrogen-bond donors (Lipinski definition) is 0. The van der Waals surface area contributed by atoms with Gasteiger partial charge in [0.1, 0.15) is 10.1 Å². The Kier molecular flexibility index (Phi) is 3.59. The monoisotopic (exact) mass is 301 g/mol. The SMILES string of the molecule is Cc1cc(C)nc(Sc2nc(Cl)nc3ccccc23)c1. The third-order valence-corrected chi connectivity index (χ3v) is 3.91. The van der Waals surface area contributed by atoms with E-state index in [4.69, 9.17) is 11.6 Å². The second kappa shape index (κ2) is 5.38. The summed E-state index contributed by atoms with van der Waals surface area (Å²) in [5, 5.41) is 3.00. The van der Waals surface area contributed by atoms with Crippen LogP contribution in [0.4, 0.5) is 0 Å². The quantitative estimate of drug-likeness (QED) is 0.518. The minimum atomic E-state index is 0.260. The van der Waals surface area contributed by atoms with Crippen LogP contribution in [0.5, 0.6) is 0 Å². The first-order chi connectivity index (χ1) is 9.61. The number of halogens is 1. The fourth-order valence-electron chi connectivity index (χ4n) is 2.05. The predicted octanol–water partition coefficient (Wildman–Crippen LogP) is 4.45. The van der Waals surface area contributed by atoms with Crippen LogP contribution in [0.3, 0.4) is 0 Å². The molecule has 0 aliphatic carbocycles. The summed E-state index contributed by atoms with van der Waals surface area (Å²) >= 11 is 7.51. The molecule has 0 saturated carbocycles. The van der Waals surface area contributed by atoms with Gasteiger partial charge >= 0.3 is 0 Å². The van der Waals surface area contributed by atoms with Crippen LogP contribution in [0.25, 0.3) is 10.9 Å². The van der Waals surface area contributed by atoms with Crippen molar-refractivity contribution < 1.29 is 0 Å². The molecule has 3 aromatic rings. The van der Waals surface area contributed by atoms with Crippen molar-refractivity contribution in [3.8, 4) is 0 Å². The summed E-state index contributed by atoms with van der Waals surface area (Å²) in [5.74, 6) is 0. The smallest absolute Gasteiger partial charge is 0.224 e. The maximum absolute atomic E-state index is 6.00. The summed E-state index contributed by atoms with van der Waals surface area (Å²) in [6, 6.07) is 11.9. The first kappa shape index (κ1) is 13.3. The van der Waals surface area contributed by atoms with Crippen molar-refractivity contribution in [3.05, 3.63) is 52.9 Å². The standard InChI is InChI=1S/C15H12ClN3S/c1-9-7-10(2)17-13(8-9)20-14-11-5-3-4-6-12(11)18-15(16)19-14/h3-8H,1-2H3.